The van der Waals surface area contributed by atoms with E-state index in [2.05, 4.69) is 58.7 Å². The molecule has 0 saturated carbocycles. The standard InChI is InChI=1S/C25H43N3O2/c1-10-18(4)28(24(30)19(11-2)12-3)17-20-15-21(13-14-22(20)27(8)9)26-23(29)16-25(5,6)7/h13-15,18-19H,10-12,16-17H2,1-9H3,(H,26,29). The zero-order chi connectivity index (χ0) is 23.1. The molecule has 0 fully saturated rings. The van der Waals surface area contributed by atoms with E-state index in [9.17, 15) is 9.59 Å². The van der Waals surface area contributed by atoms with E-state index in [4.69, 9.17) is 0 Å². The van der Waals surface area contributed by atoms with Gasteiger partial charge in [0.2, 0.25) is 11.8 Å². The zero-order valence-electron chi connectivity index (χ0n) is 20.6. The summed E-state index contributed by atoms with van der Waals surface area (Å²) >= 11 is 0. The van der Waals surface area contributed by atoms with Crippen molar-refractivity contribution in [2.45, 2.75) is 86.7 Å². The van der Waals surface area contributed by atoms with Crippen LogP contribution in [0.4, 0.5) is 11.4 Å². The summed E-state index contributed by atoms with van der Waals surface area (Å²) in [5.74, 6) is 0.288. The van der Waals surface area contributed by atoms with Gasteiger partial charge in [0.15, 0.2) is 0 Å². The number of rotatable bonds is 10. The largest absolute Gasteiger partial charge is 0.377 e. The fourth-order valence-corrected chi connectivity index (χ4v) is 3.64. The average Bonchev–Trinajstić information content (AvgIpc) is 2.64. The van der Waals surface area contributed by atoms with Crippen LogP contribution in [0.1, 0.15) is 79.7 Å². The van der Waals surface area contributed by atoms with Crippen molar-refractivity contribution in [2.75, 3.05) is 24.3 Å². The van der Waals surface area contributed by atoms with Gasteiger partial charge in [-0.3, -0.25) is 9.59 Å². The van der Waals surface area contributed by atoms with Crippen LogP contribution in [-0.4, -0.2) is 36.9 Å². The molecule has 0 heterocycles. The van der Waals surface area contributed by atoms with Crippen LogP contribution >= 0.6 is 0 Å². The average molecular weight is 418 g/mol. The molecule has 1 atom stereocenters. The van der Waals surface area contributed by atoms with Gasteiger partial charge in [0.05, 0.1) is 0 Å². The molecule has 0 aromatic heterocycles. The van der Waals surface area contributed by atoms with Crippen molar-refractivity contribution in [3.8, 4) is 0 Å². The van der Waals surface area contributed by atoms with Crippen LogP contribution in [-0.2, 0) is 16.1 Å². The normalized spacial score (nSPS) is 12.6. The first-order chi connectivity index (χ1) is 13.9. The predicted molar refractivity (Wildman–Crippen MR) is 128 cm³/mol. The molecular formula is C25H43N3O2. The number of hydrogen-bond donors (Lipinski definition) is 1. The van der Waals surface area contributed by atoms with Crippen LogP contribution in [0, 0.1) is 11.3 Å². The smallest absolute Gasteiger partial charge is 0.226 e. The maximum absolute atomic E-state index is 13.3. The Balaban J connectivity index is 3.24. The van der Waals surface area contributed by atoms with Crippen LogP contribution in [0.15, 0.2) is 18.2 Å². The summed E-state index contributed by atoms with van der Waals surface area (Å²) in [6.45, 7) is 15.1. The van der Waals surface area contributed by atoms with Crippen molar-refractivity contribution in [3.63, 3.8) is 0 Å². The predicted octanol–water partition coefficient (Wildman–Crippen LogP) is 5.69. The SMILES string of the molecule is CCC(CC)C(=O)N(Cc1cc(NC(=O)CC(C)(C)C)ccc1N(C)C)C(C)CC. The number of hydrogen-bond acceptors (Lipinski definition) is 3. The van der Waals surface area contributed by atoms with Gasteiger partial charge in [-0.2, -0.15) is 0 Å². The van der Waals surface area contributed by atoms with Crippen molar-refractivity contribution in [3.05, 3.63) is 23.8 Å². The highest BCUT2D eigenvalue weighted by Crippen LogP contribution is 2.28. The highest BCUT2D eigenvalue weighted by molar-refractivity contribution is 5.91. The quantitative estimate of drug-likeness (QED) is 0.532. The van der Waals surface area contributed by atoms with Gasteiger partial charge in [-0.05, 0) is 55.4 Å². The number of anilines is 2. The second kappa shape index (κ2) is 11.4. The molecule has 0 radical (unpaired) electrons. The van der Waals surface area contributed by atoms with Gasteiger partial charge in [-0.1, -0.05) is 41.5 Å². The summed E-state index contributed by atoms with van der Waals surface area (Å²) in [7, 11) is 4.01. The summed E-state index contributed by atoms with van der Waals surface area (Å²) in [4.78, 5) is 29.8. The molecule has 0 aliphatic carbocycles. The molecule has 1 aromatic rings. The van der Waals surface area contributed by atoms with E-state index < -0.39 is 0 Å². The second-order valence-electron chi connectivity index (χ2n) is 9.76. The minimum Gasteiger partial charge on any atom is -0.377 e. The van der Waals surface area contributed by atoms with Gasteiger partial charge in [-0.25, -0.2) is 0 Å². The van der Waals surface area contributed by atoms with E-state index in [1.54, 1.807) is 0 Å². The Kier molecular flexibility index (Phi) is 9.86. The van der Waals surface area contributed by atoms with Gasteiger partial charge in [0.1, 0.15) is 0 Å². The van der Waals surface area contributed by atoms with Crippen LogP contribution in [0.3, 0.4) is 0 Å². The molecule has 0 aliphatic heterocycles. The maximum Gasteiger partial charge on any atom is 0.226 e. The maximum atomic E-state index is 13.3. The molecule has 1 unspecified atom stereocenters. The first-order valence-electron chi connectivity index (χ1n) is 11.3. The van der Waals surface area contributed by atoms with Gasteiger partial charge >= 0.3 is 0 Å². The van der Waals surface area contributed by atoms with E-state index >= 15 is 0 Å². The summed E-state index contributed by atoms with van der Waals surface area (Å²) in [6, 6.07) is 6.15. The molecule has 30 heavy (non-hydrogen) atoms. The van der Waals surface area contributed by atoms with Crippen LogP contribution < -0.4 is 10.2 Å². The van der Waals surface area contributed by atoms with Gasteiger partial charge < -0.3 is 15.1 Å². The molecule has 1 aromatic carbocycles. The van der Waals surface area contributed by atoms with Crippen molar-refractivity contribution >= 4 is 23.2 Å². The van der Waals surface area contributed by atoms with Crippen LogP contribution in [0.2, 0.25) is 0 Å². The molecule has 0 aliphatic rings. The molecule has 5 heteroatoms. The summed E-state index contributed by atoms with van der Waals surface area (Å²) in [6.07, 6.45) is 3.08. The first kappa shape index (κ1) is 26.0. The van der Waals surface area contributed by atoms with E-state index in [0.29, 0.717) is 13.0 Å². The monoisotopic (exact) mass is 417 g/mol. The number of amides is 2. The van der Waals surface area contributed by atoms with Crippen molar-refractivity contribution in [2.24, 2.45) is 11.3 Å². The molecule has 0 bridgehead atoms. The van der Waals surface area contributed by atoms with E-state index in [-0.39, 0.29) is 29.2 Å². The first-order valence-corrected chi connectivity index (χ1v) is 11.3. The minimum atomic E-state index is -0.0639. The lowest BCUT2D eigenvalue weighted by Gasteiger charge is -2.33. The molecule has 0 saturated heterocycles. The fourth-order valence-electron chi connectivity index (χ4n) is 3.64. The second-order valence-corrected chi connectivity index (χ2v) is 9.76. The Morgan fingerprint density at radius 3 is 2.10 bits per heavy atom. The Bertz CT molecular complexity index is 703. The van der Waals surface area contributed by atoms with E-state index in [1.165, 1.54) is 0 Å². The molecule has 170 valence electrons. The van der Waals surface area contributed by atoms with Crippen LogP contribution in [0.25, 0.3) is 0 Å². The number of carbonyl (C=O) groups excluding carboxylic acids is 2. The summed E-state index contributed by atoms with van der Waals surface area (Å²) in [5.41, 5.74) is 2.83. The van der Waals surface area contributed by atoms with E-state index in [1.807, 2.05) is 37.2 Å². The highest BCUT2D eigenvalue weighted by Gasteiger charge is 2.26. The third kappa shape index (κ3) is 7.66. The minimum absolute atomic E-state index is 0.0120. The Morgan fingerprint density at radius 1 is 1.03 bits per heavy atom. The lowest BCUT2D eigenvalue weighted by atomic mass is 9.92. The molecule has 2 amide bonds. The lowest BCUT2D eigenvalue weighted by Crippen LogP contribution is -2.41. The highest BCUT2D eigenvalue weighted by atomic mass is 16.2. The molecule has 0 spiro atoms. The summed E-state index contributed by atoms with van der Waals surface area (Å²) < 4.78 is 0. The summed E-state index contributed by atoms with van der Waals surface area (Å²) in [5, 5.41) is 3.03. The topological polar surface area (TPSA) is 52.7 Å². The van der Waals surface area contributed by atoms with Gasteiger partial charge in [0.25, 0.3) is 0 Å². The molecule has 1 rings (SSSR count). The Morgan fingerprint density at radius 2 is 1.63 bits per heavy atom. The Labute approximate surface area is 184 Å². The number of carbonyl (C=O) groups is 2. The third-order valence-electron chi connectivity index (χ3n) is 5.62. The Hall–Kier alpha value is -2.04. The van der Waals surface area contributed by atoms with Crippen molar-refractivity contribution in [1.82, 2.24) is 4.90 Å². The van der Waals surface area contributed by atoms with Crippen molar-refractivity contribution in [1.29, 1.82) is 0 Å². The molecule has 5 nitrogen and oxygen atoms in total. The van der Waals surface area contributed by atoms with Crippen molar-refractivity contribution < 1.29 is 9.59 Å². The van der Waals surface area contributed by atoms with Gasteiger partial charge in [-0.15, -0.1) is 0 Å². The number of benzene rings is 1. The number of nitrogens with zero attached hydrogens (tertiary/aromatic N) is 2. The third-order valence-corrected chi connectivity index (χ3v) is 5.62. The number of nitrogens with one attached hydrogen (secondary N) is 1. The van der Waals surface area contributed by atoms with Crippen LogP contribution in [0.5, 0.6) is 0 Å². The van der Waals surface area contributed by atoms with Gasteiger partial charge in [0, 0.05) is 50.4 Å². The zero-order valence-corrected chi connectivity index (χ0v) is 20.6. The lowest BCUT2D eigenvalue weighted by molar-refractivity contribution is -0.138. The molecular weight excluding hydrogens is 374 g/mol. The molecule has 1 N–H and O–H groups in total. The fraction of sp³-hybridized carbons (Fsp3) is 0.680. The van der Waals surface area contributed by atoms with E-state index in [0.717, 1.165) is 36.2 Å².